The normalized spacial score (nSPS) is 20.8. The highest BCUT2D eigenvalue weighted by Crippen LogP contribution is 2.08. The molecule has 3 nitrogen and oxygen atoms in total. The van der Waals surface area contributed by atoms with Crippen molar-refractivity contribution < 1.29 is 5.11 Å². The maximum Gasteiger partial charge on any atom is 0.0679 e. The molecule has 1 atom stereocenters. The quantitative estimate of drug-likeness (QED) is 0.591. The van der Waals surface area contributed by atoms with Gasteiger partial charge in [-0.15, -0.1) is 0 Å². The molecule has 0 saturated carbocycles. The lowest BCUT2D eigenvalue weighted by molar-refractivity contribution is 0.117. The second-order valence-electron chi connectivity index (χ2n) is 3.80. The molecule has 1 saturated heterocycles. The number of β-amino-alcohol motifs (C(OH)–C–C–N with tert-alkyl or cyclic N) is 1. The minimum absolute atomic E-state index is 0.142. The lowest BCUT2D eigenvalue weighted by atomic mass is 10.2. The summed E-state index contributed by atoms with van der Waals surface area (Å²) in [7, 11) is 0. The Labute approximate surface area is 81.1 Å². The third-order valence-electron chi connectivity index (χ3n) is 2.57. The predicted molar refractivity (Wildman–Crippen MR) is 54.8 cm³/mol. The maximum absolute atomic E-state index is 9.65. The largest absolute Gasteiger partial charge is 0.392 e. The first kappa shape index (κ1) is 11.0. The van der Waals surface area contributed by atoms with Gasteiger partial charge in [-0.05, 0) is 45.4 Å². The fourth-order valence-electron chi connectivity index (χ4n) is 1.80. The van der Waals surface area contributed by atoms with Crippen LogP contribution in [0.25, 0.3) is 0 Å². The van der Waals surface area contributed by atoms with E-state index in [1.807, 2.05) is 0 Å². The second kappa shape index (κ2) is 6.35. The number of hydrogen-bond acceptors (Lipinski definition) is 3. The van der Waals surface area contributed by atoms with Crippen molar-refractivity contribution in [2.45, 2.75) is 32.3 Å². The summed E-state index contributed by atoms with van der Waals surface area (Å²) in [5, 5.41) is 12.9. The Morgan fingerprint density at radius 3 is 2.69 bits per heavy atom. The number of hydrogen-bond donors (Lipinski definition) is 2. The van der Waals surface area contributed by atoms with Gasteiger partial charge in [-0.25, -0.2) is 0 Å². The van der Waals surface area contributed by atoms with Crippen LogP contribution in [0.1, 0.15) is 26.2 Å². The van der Waals surface area contributed by atoms with Crippen molar-refractivity contribution in [3.05, 3.63) is 0 Å². The van der Waals surface area contributed by atoms with E-state index in [0.29, 0.717) is 0 Å². The summed E-state index contributed by atoms with van der Waals surface area (Å²) in [5.74, 6) is 0. The van der Waals surface area contributed by atoms with Gasteiger partial charge in [0.25, 0.3) is 0 Å². The molecule has 3 heteroatoms. The van der Waals surface area contributed by atoms with Gasteiger partial charge in [0.15, 0.2) is 0 Å². The zero-order chi connectivity index (χ0) is 9.52. The third-order valence-corrected chi connectivity index (χ3v) is 2.57. The molecule has 1 fully saturated rings. The predicted octanol–water partition coefficient (Wildman–Crippen LogP) is 0.443. The SMILES string of the molecule is CCNCCC(O)CN1CCCC1. The Balaban J connectivity index is 1.99. The Bertz CT molecular complexity index is 124. The van der Waals surface area contributed by atoms with Crippen molar-refractivity contribution in [2.24, 2.45) is 0 Å². The van der Waals surface area contributed by atoms with Crippen molar-refractivity contribution in [3.8, 4) is 0 Å². The molecular formula is C10H22N2O. The van der Waals surface area contributed by atoms with Crippen LogP contribution in [0, 0.1) is 0 Å². The van der Waals surface area contributed by atoms with Crippen LogP contribution in [-0.4, -0.2) is 48.8 Å². The van der Waals surface area contributed by atoms with Crippen molar-refractivity contribution in [1.29, 1.82) is 0 Å². The van der Waals surface area contributed by atoms with E-state index < -0.39 is 0 Å². The molecule has 1 heterocycles. The van der Waals surface area contributed by atoms with Crippen LogP contribution in [0.3, 0.4) is 0 Å². The standard InChI is InChI=1S/C10H22N2O/c1-2-11-6-5-10(13)9-12-7-3-4-8-12/h10-11,13H,2-9H2,1H3. The van der Waals surface area contributed by atoms with E-state index in [0.717, 1.165) is 26.1 Å². The highest BCUT2D eigenvalue weighted by molar-refractivity contribution is 4.70. The molecule has 0 amide bonds. The molecule has 0 radical (unpaired) electrons. The van der Waals surface area contributed by atoms with E-state index in [2.05, 4.69) is 17.1 Å². The average Bonchev–Trinajstić information content (AvgIpc) is 2.57. The van der Waals surface area contributed by atoms with Gasteiger partial charge in [0.1, 0.15) is 0 Å². The van der Waals surface area contributed by atoms with Gasteiger partial charge in [0.05, 0.1) is 6.10 Å². The lowest BCUT2D eigenvalue weighted by Crippen LogP contribution is -2.32. The lowest BCUT2D eigenvalue weighted by Gasteiger charge is -2.19. The third kappa shape index (κ3) is 4.60. The molecule has 0 bridgehead atoms. The van der Waals surface area contributed by atoms with Crippen molar-refractivity contribution in [1.82, 2.24) is 10.2 Å². The summed E-state index contributed by atoms with van der Waals surface area (Å²) in [6, 6.07) is 0. The summed E-state index contributed by atoms with van der Waals surface area (Å²) in [4.78, 5) is 2.36. The molecular weight excluding hydrogens is 164 g/mol. The van der Waals surface area contributed by atoms with E-state index in [4.69, 9.17) is 0 Å². The van der Waals surface area contributed by atoms with Crippen LogP contribution in [0.4, 0.5) is 0 Å². The Morgan fingerprint density at radius 2 is 2.08 bits per heavy atom. The van der Waals surface area contributed by atoms with Gasteiger partial charge in [0, 0.05) is 6.54 Å². The molecule has 0 aromatic rings. The van der Waals surface area contributed by atoms with E-state index in [1.165, 1.54) is 25.9 Å². The summed E-state index contributed by atoms with van der Waals surface area (Å²) < 4.78 is 0. The summed E-state index contributed by atoms with van der Waals surface area (Å²) >= 11 is 0. The monoisotopic (exact) mass is 186 g/mol. The molecule has 0 aliphatic carbocycles. The Kier molecular flexibility index (Phi) is 5.35. The topological polar surface area (TPSA) is 35.5 Å². The van der Waals surface area contributed by atoms with E-state index in [1.54, 1.807) is 0 Å². The van der Waals surface area contributed by atoms with Gasteiger partial charge < -0.3 is 15.3 Å². The number of aliphatic hydroxyl groups excluding tert-OH is 1. The fourth-order valence-corrected chi connectivity index (χ4v) is 1.80. The number of aliphatic hydroxyl groups is 1. The second-order valence-corrected chi connectivity index (χ2v) is 3.80. The van der Waals surface area contributed by atoms with E-state index >= 15 is 0 Å². The van der Waals surface area contributed by atoms with Crippen LogP contribution < -0.4 is 5.32 Å². The van der Waals surface area contributed by atoms with E-state index in [-0.39, 0.29) is 6.10 Å². The molecule has 78 valence electrons. The molecule has 1 aliphatic rings. The average molecular weight is 186 g/mol. The molecule has 13 heavy (non-hydrogen) atoms. The molecule has 2 N–H and O–H groups in total. The van der Waals surface area contributed by atoms with Gasteiger partial charge in [-0.3, -0.25) is 0 Å². The zero-order valence-corrected chi connectivity index (χ0v) is 8.63. The smallest absolute Gasteiger partial charge is 0.0679 e. The number of nitrogens with one attached hydrogen (secondary N) is 1. The van der Waals surface area contributed by atoms with E-state index in [9.17, 15) is 5.11 Å². The van der Waals surface area contributed by atoms with Crippen molar-refractivity contribution >= 4 is 0 Å². The summed E-state index contributed by atoms with van der Waals surface area (Å²) in [6.45, 7) is 7.25. The van der Waals surface area contributed by atoms with Crippen LogP contribution in [0.5, 0.6) is 0 Å². The summed E-state index contributed by atoms with van der Waals surface area (Å²) in [6.07, 6.45) is 3.35. The number of nitrogens with zero attached hydrogens (tertiary/aromatic N) is 1. The first-order valence-electron chi connectivity index (χ1n) is 5.44. The molecule has 0 aromatic carbocycles. The molecule has 0 spiro atoms. The van der Waals surface area contributed by atoms with Gasteiger partial charge in [-0.2, -0.15) is 0 Å². The minimum atomic E-state index is -0.142. The van der Waals surface area contributed by atoms with Crippen molar-refractivity contribution in [3.63, 3.8) is 0 Å². The summed E-state index contributed by atoms with van der Waals surface area (Å²) in [5.41, 5.74) is 0. The van der Waals surface area contributed by atoms with Crippen LogP contribution in [0.2, 0.25) is 0 Å². The van der Waals surface area contributed by atoms with Crippen molar-refractivity contribution in [2.75, 3.05) is 32.7 Å². The zero-order valence-electron chi connectivity index (χ0n) is 8.63. The fraction of sp³-hybridized carbons (Fsp3) is 1.00. The molecule has 1 rings (SSSR count). The molecule has 0 aromatic heterocycles. The highest BCUT2D eigenvalue weighted by atomic mass is 16.3. The van der Waals surface area contributed by atoms with Crippen LogP contribution in [-0.2, 0) is 0 Å². The minimum Gasteiger partial charge on any atom is -0.392 e. The van der Waals surface area contributed by atoms with Gasteiger partial charge >= 0.3 is 0 Å². The Hall–Kier alpha value is -0.120. The van der Waals surface area contributed by atoms with Crippen LogP contribution >= 0.6 is 0 Å². The maximum atomic E-state index is 9.65. The molecule has 1 unspecified atom stereocenters. The number of rotatable bonds is 6. The first-order chi connectivity index (χ1) is 6.33. The molecule has 1 aliphatic heterocycles. The van der Waals surface area contributed by atoms with Crippen LogP contribution in [0.15, 0.2) is 0 Å². The Morgan fingerprint density at radius 1 is 1.38 bits per heavy atom. The van der Waals surface area contributed by atoms with Gasteiger partial charge in [-0.1, -0.05) is 6.92 Å². The highest BCUT2D eigenvalue weighted by Gasteiger charge is 2.14. The first-order valence-corrected chi connectivity index (χ1v) is 5.44. The van der Waals surface area contributed by atoms with Gasteiger partial charge in [0.2, 0.25) is 0 Å². The number of likely N-dealkylation sites (tertiary alicyclic amines) is 1.